The van der Waals surface area contributed by atoms with Gasteiger partial charge in [-0.1, -0.05) is 12.1 Å². The first kappa shape index (κ1) is 14.9. The summed E-state index contributed by atoms with van der Waals surface area (Å²) in [5.41, 5.74) is 1.49. The van der Waals surface area contributed by atoms with Gasteiger partial charge in [-0.25, -0.2) is 14.4 Å². The Morgan fingerprint density at radius 3 is 2.83 bits per heavy atom. The minimum Gasteiger partial charge on any atom is -0.380 e. The van der Waals surface area contributed by atoms with Crippen LogP contribution in [-0.4, -0.2) is 20.3 Å². The molecule has 1 N–H and O–H groups in total. The number of nitrogens with zero attached hydrogens (tertiary/aromatic N) is 3. The van der Waals surface area contributed by atoms with Crippen molar-refractivity contribution >= 4 is 11.5 Å². The molecule has 2 aromatic heterocycles. The van der Waals surface area contributed by atoms with Gasteiger partial charge in [-0.3, -0.25) is 9.36 Å². The first-order valence-electron chi connectivity index (χ1n) is 7.12. The molecule has 116 valence electrons. The second-order valence-corrected chi connectivity index (χ2v) is 5.07. The third-order valence-electron chi connectivity index (χ3n) is 3.43. The van der Waals surface area contributed by atoms with Gasteiger partial charge in [-0.2, -0.15) is 0 Å². The number of nitrogens with one attached hydrogen (secondary N) is 1. The fraction of sp³-hybridized carbons (Fsp3) is 0.118. The standard InChI is InChI=1S/C17H15FN4O/c1-12(23)17-14(18)3-2-4-15(17)20-9-13-5-6-16(21-10-13)22-8-7-19-11-22/h2-8,10-11,20H,9H2,1H3. The second-order valence-electron chi connectivity index (χ2n) is 5.07. The van der Waals surface area contributed by atoms with Gasteiger partial charge in [0.25, 0.3) is 0 Å². The summed E-state index contributed by atoms with van der Waals surface area (Å²) in [7, 11) is 0. The van der Waals surface area contributed by atoms with E-state index in [-0.39, 0.29) is 11.3 Å². The van der Waals surface area contributed by atoms with Gasteiger partial charge < -0.3 is 5.32 Å². The minimum absolute atomic E-state index is 0.0792. The van der Waals surface area contributed by atoms with Crippen LogP contribution in [0.1, 0.15) is 22.8 Å². The summed E-state index contributed by atoms with van der Waals surface area (Å²) in [5, 5.41) is 3.09. The molecule has 0 saturated heterocycles. The predicted octanol–water partition coefficient (Wildman–Crippen LogP) is 3.22. The highest BCUT2D eigenvalue weighted by molar-refractivity contribution is 5.99. The molecule has 0 atom stereocenters. The fourth-order valence-corrected chi connectivity index (χ4v) is 2.30. The summed E-state index contributed by atoms with van der Waals surface area (Å²) in [5.74, 6) is -0.0586. The van der Waals surface area contributed by atoms with Crippen LogP contribution in [0, 0.1) is 5.82 Å². The molecular formula is C17H15FN4O. The molecule has 6 heteroatoms. The Morgan fingerprint density at radius 1 is 1.30 bits per heavy atom. The highest BCUT2D eigenvalue weighted by atomic mass is 19.1. The van der Waals surface area contributed by atoms with Crippen molar-refractivity contribution in [2.24, 2.45) is 0 Å². The summed E-state index contributed by atoms with van der Waals surface area (Å²) >= 11 is 0. The normalized spacial score (nSPS) is 10.5. The molecule has 2 heterocycles. The number of anilines is 1. The topological polar surface area (TPSA) is 59.8 Å². The van der Waals surface area contributed by atoms with Gasteiger partial charge in [0, 0.05) is 30.8 Å². The van der Waals surface area contributed by atoms with Crippen molar-refractivity contribution in [1.82, 2.24) is 14.5 Å². The van der Waals surface area contributed by atoms with Gasteiger partial charge >= 0.3 is 0 Å². The zero-order valence-electron chi connectivity index (χ0n) is 12.5. The molecule has 0 unspecified atom stereocenters. The van der Waals surface area contributed by atoms with E-state index < -0.39 is 5.82 Å². The van der Waals surface area contributed by atoms with E-state index in [0.29, 0.717) is 12.2 Å². The molecule has 0 amide bonds. The number of Topliss-reactive ketones (excluding diaryl/α,β-unsaturated/α-hetero) is 1. The van der Waals surface area contributed by atoms with Crippen molar-refractivity contribution in [3.8, 4) is 5.82 Å². The van der Waals surface area contributed by atoms with E-state index in [2.05, 4.69) is 15.3 Å². The van der Waals surface area contributed by atoms with Gasteiger partial charge in [-0.05, 0) is 30.7 Å². The molecular weight excluding hydrogens is 295 g/mol. The molecule has 0 spiro atoms. The number of benzene rings is 1. The van der Waals surface area contributed by atoms with Gasteiger partial charge in [0.1, 0.15) is 18.0 Å². The van der Waals surface area contributed by atoms with Crippen molar-refractivity contribution in [1.29, 1.82) is 0 Å². The third-order valence-corrected chi connectivity index (χ3v) is 3.43. The zero-order valence-corrected chi connectivity index (χ0v) is 12.5. The smallest absolute Gasteiger partial charge is 0.164 e. The minimum atomic E-state index is -0.518. The summed E-state index contributed by atoms with van der Waals surface area (Å²) in [4.78, 5) is 19.9. The molecule has 0 aliphatic carbocycles. The first-order chi connectivity index (χ1) is 11.1. The Kier molecular flexibility index (Phi) is 4.14. The second kappa shape index (κ2) is 6.39. The number of halogens is 1. The largest absolute Gasteiger partial charge is 0.380 e. The van der Waals surface area contributed by atoms with Crippen molar-refractivity contribution < 1.29 is 9.18 Å². The number of aromatic nitrogens is 3. The van der Waals surface area contributed by atoms with E-state index in [4.69, 9.17) is 0 Å². The lowest BCUT2D eigenvalue weighted by Gasteiger charge is -2.11. The number of carbonyl (C=O) groups excluding carboxylic acids is 1. The zero-order chi connectivity index (χ0) is 16.2. The van der Waals surface area contributed by atoms with Crippen LogP contribution >= 0.6 is 0 Å². The predicted molar refractivity (Wildman–Crippen MR) is 85.1 cm³/mol. The van der Waals surface area contributed by atoms with E-state index in [9.17, 15) is 9.18 Å². The van der Waals surface area contributed by atoms with Gasteiger partial charge in [-0.15, -0.1) is 0 Å². The van der Waals surface area contributed by atoms with Crippen LogP contribution in [0.2, 0.25) is 0 Å². The van der Waals surface area contributed by atoms with Gasteiger partial charge in [0.15, 0.2) is 5.78 Å². The molecule has 0 saturated carbocycles. The number of carbonyl (C=O) groups is 1. The number of hydrogen-bond donors (Lipinski definition) is 1. The number of ketones is 1. The molecule has 0 aliphatic rings. The fourth-order valence-electron chi connectivity index (χ4n) is 2.30. The van der Waals surface area contributed by atoms with E-state index in [1.54, 1.807) is 35.4 Å². The van der Waals surface area contributed by atoms with Crippen molar-refractivity contribution in [3.05, 3.63) is 72.2 Å². The van der Waals surface area contributed by atoms with Crippen LogP contribution in [0.25, 0.3) is 5.82 Å². The summed E-state index contributed by atoms with van der Waals surface area (Å²) in [6, 6.07) is 8.33. The molecule has 3 aromatic rings. The maximum atomic E-state index is 13.8. The number of pyridine rings is 1. The number of rotatable bonds is 5. The lowest BCUT2D eigenvalue weighted by atomic mass is 10.1. The van der Waals surface area contributed by atoms with E-state index in [0.717, 1.165) is 11.4 Å². The highest BCUT2D eigenvalue weighted by Crippen LogP contribution is 2.20. The van der Waals surface area contributed by atoms with Gasteiger partial charge in [0.05, 0.1) is 5.56 Å². The maximum absolute atomic E-state index is 13.8. The van der Waals surface area contributed by atoms with Crippen molar-refractivity contribution in [2.45, 2.75) is 13.5 Å². The first-order valence-corrected chi connectivity index (χ1v) is 7.12. The molecule has 1 aromatic carbocycles. The van der Waals surface area contributed by atoms with Crippen LogP contribution in [0.5, 0.6) is 0 Å². The van der Waals surface area contributed by atoms with Crippen LogP contribution in [0.3, 0.4) is 0 Å². The Labute approximate surface area is 132 Å². The van der Waals surface area contributed by atoms with Crippen LogP contribution in [0.4, 0.5) is 10.1 Å². The average Bonchev–Trinajstić information content (AvgIpc) is 3.07. The maximum Gasteiger partial charge on any atom is 0.164 e. The van der Waals surface area contributed by atoms with Gasteiger partial charge in [0.2, 0.25) is 0 Å². The molecule has 23 heavy (non-hydrogen) atoms. The highest BCUT2D eigenvalue weighted by Gasteiger charge is 2.12. The molecule has 0 radical (unpaired) electrons. The molecule has 0 fully saturated rings. The van der Waals surface area contributed by atoms with E-state index in [1.165, 1.54) is 13.0 Å². The Balaban J connectivity index is 1.74. The van der Waals surface area contributed by atoms with Crippen molar-refractivity contribution in [2.75, 3.05) is 5.32 Å². The Morgan fingerprint density at radius 2 is 2.17 bits per heavy atom. The molecule has 5 nitrogen and oxygen atoms in total. The molecule has 0 bridgehead atoms. The van der Waals surface area contributed by atoms with E-state index in [1.807, 2.05) is 18.3 Å². The van der Waals surface area contributed by atoms with Crippen LogP contribution in [-0.2, 0) is 6.54 Å². The van der Waals surface area contributed by atoms with E-state index >= 15 is 0 Å². The van der Waals surface area contributed by atoms with Crippen LogP contribution < -0.4 is 5.32 Å². The Bertz CT molecular complexity index is 813. The quantitative estimate of drug-likeness (QED) is 0.735. The summed E-state index contributed by atoms with van der Waals surface area (Å²) in [6.45, 7) is 1.80. The number of imidazole rings is 1. The lowest BCUT2D eigenvalue weighted by Crippen LogP contribution is -2.07. The monoisotopic (exact) mass is 310 g/mol. The van der Waals surface area contributed by atoms with Crippen LogP contribution in [0.15, 0.2) is 55.2 Å². The molecule has 0 aliphatic heterocycles. The SMILES string of the molecule is CC(=O)c1c(F)cccc1NCc1ccc(-n2ccnc2)nc1. The Hall–Kier alpha value is -3.02. The average molecular weight is 310 g/mol. The number of hydrogen-bond acceptors (Lipinski definition) is 4. The van der Waals surface area contributed by atoms with Crippen molar-refractivity contribution in [3.63, 3.8) is 0 Å². The summed E-state index contributed by atoms with van der Waals surface area (Å²) < 4.78 is 15.6. The summed E-state index contributed by atoms with van der Waals surface area (Å²) in [6.07, 6.45) is 6.90. The third kappa shape index (κ3) is 3.26. The lowest BCUT2D eigenvalue weighted by molar-refractivity contribution is 0.101. The molecule has 3 rings (SSSR count).